The Bertz CT molecular complexity index is 698. The van der Waals surface area contributed by atoms with Crippen LogP contribution in [0.25, 0.3) is 0 Å². The number of amides is 1. The maximum Gasteiger partial charge on any atom is 0.416 e. The van der Waals surface area contributed by atoms with Gasteiger partial charge in [-0.05, 0) is 19.1 Å². The number of hydrogen-bond acceptors (Lipinski definition) is 4. The van der Waals surface area contributed by atoms with Crippen molar-refractivity contribution in [2.45, 2.75) is 19.6 Å². The second kappa shape index (κ2) is 8.31. The maximum absolute atomic E-state index is 14.0. The molecule has 1 aliphatic rings. The van der Waals surface area contributed by atoms with Crippen LogP contribution in [0.4, 0.5) is 17.6 Å². The van der Waals surface area contributed by atoms with E-state index in [4.69, 9.17) is 0 Å². The minimum absolute atomic E-state index is 0.174. The van der Waals surface area contributed by atoms with E-state index >= 15 is 0 Å². The molecule has 1 fully saturated rings. The molecule has 0 unspecified atom stereocenters. The highest BCUT2D eigenvalue weighted by Gasteiger charge is 2.35. The van der Waals surface area contributed by atoms with E-state index in [1.54, 1.807) is 4.90 Å². The SMILES string of the molecule is C/C(=C(/C=O)N1CCNCC1)N(C=O)Cc1c(F)cccc1C(F)(F)F. The van der Waals surface area contributed by atoms with Crippen LogP contribution in [-0.4, -0.2) is 48.7 Å². The van der Waals surface area contributed by atoms with Crippen molar-refractivity contribution in [3.05, 3.63) is 46.5 Å². The minimum Gasteiger partial charge on any atom is -0.365 e. The van der Waals surface area contributed by atoms with Crippen LogP contribution in [0, 0.1) is 5.82 Å². The van der Waals surface area contributed by atoms with Crippen LogP contribution in [0.3, 0.4) is 0 Å². The summed E-state index contributed by atoms with van der Waals surface area (Å²) in [6, 6.07) is 2.63. The van der Waals surface area contributed by atoms with Crippen LogP contribution in [0.2, 0.25) is 0 Å². The standard InChI is InChI=1S/C17H19F4N3O2/c1-12(16(10-25)23-7-5-22-6-8-23)24(11-26)9-13-14(17(19,20)21)3-2-4-15(13)18/h2-4,10-11,22H,5-9H2,1H3/b16-12+. The van der Waals surface area contributed by atoms with E-state index < -0.39 is 29.7 Å². The highest BCUT2D eigenvalue weighted by atomic mass is 19.4. The molecule has 0 radical (unpaired) electrons. The molecule has 142 valence electrons. The van der Waals surface area contributed by atoms with Crippen molar-refractivity contribution in [3.8, 4) is 0 Å². The third-order valence-electron chi connectivity index (χ3n) is 4.25. The van der Waals surface area contributed by atoms with E-state index in [0.29, 0.717) is 38.9 Å². The van der Waals surface area contributed by atoms with Crippen molar-refractivity contribution in [2.24, 2.45) is 0 Å². The smallest absolute Gasteiger partial charge is 0.365 e. The zero-order valence-corrected chi connectivity index (χ0v) is 14.1. The largest absolute Gasteiger partial charge is 0.416 e. The van der Waals surface area contributed by atoms with E-state index in [9.17, 15) is 27.2 Å². The molecule has 26 heavy (non-hydrogen) atoms. The van der Waals surface area contributed by atoms with Gasteiger partial charge in [0, 0.05) is 37.4 Å². The van der Waals surface area contributed by atoms with Crippen LogP contribution in [0.15, 0.2) is 29.6 Å². The van der Waals surface area contributed by atoms with Gasteiger partial charge in [0.25, 0.3) is 0 Å². The molecular formula is C17H19F4N3O2. The topological polar surface area (TPSA) is 52.7 Å². The second-order valence-corrected chi connectivity index (χ2v) is 5.82. The number of nitrogens with zero attached hydrogens (tertiary/aromatic N) is 2. The lowest BCUT2D eigenvalue weighted by molar-refractivity contribution is -0.139. The van der Waals surface area contributed by atoms with Gasteiger partial charge in [-0.1, -0.05) is 6.07 Å². The fraction of sp³-hybridized carbons (Fsp3) is 0.412. The van der Waals surface area contributed by atoms with Gasteiger partial charge in [0.05, 0.1) is 17.8 Å². The third-order valence-corrected chi connectivity index (χ3v) is 4.25. The van der Waals surface area contributed by atoms with Crippen molar-refractivity contribution in [1.29, 1.82) is 0 Å². The molecule has 5 nitrogen and oxygen atoms in total. The van der Waals surface area contributed by atoms with E-state index in [1.807, 2.05) is 0 Å². The van der Waals surface area contributed by atoms with Crippen molar-refractivity contribution >= 4 is 12.7 Å². The van der Waals surface area contributed by atoms with Crippen LogP contribution in [-0.2, 0) is 22.3 Å². The molecular weight excluding hydrogens is 354 g/mol. The zero-order valence-electron chi connectivity index (χ0n) is 14.1. The first-order chi connectivity index (χ1) is 12.3. The second-order valence-electron chi connectivity index (χ2n) is 5.82. The van der Waals surface area contributed by atoms with Crippen molar-refractivity contribution in [1.82, 2.24) is 15.1 Å². The predicted molar refractivity (Wildman–Crippen MR) is 86.2 cm³/mol. The van der Waals surface area contributed by atoms with Gasteiger partial charge in [-0.15, -0.1) is 0 Å². The molecule has 0 aliphatic carbocycles. The first-order valence-corrected chi connectivity index (χ1v) is 7.97. The van der Waals surface area contributed by atoms with E-state index in [0.717, 1.165) is 23.1 Å². The summed E-state index contributed by atoms with van der Waals surface area (Å²) < 4.78 is 53.5. The van der Waals surface area contributed by atoms with Crippen molar-refractivity contribution in [3.63, 3.8) is 0 Å². The third kappa shape index (κ3) is 4.40. The number of alkyl halides is 3. The Hall–Kier alpha value is -2.42. The Labute approximate surface area is 148 Å². The number of halogens is 4. The van der Waals surface area contributed by atoms with E-state index in [2.05, 4.69) is 5.32 Å². The average Bonchev–Trinajstić information content (AvgIpc) is 2.61. The maximum atomic E-state index is 14.0. The summed E-state index contributed by atoms with van der Waals surface area (Å²) in [7, 11) is 0. The fourth-order valence-electron chi connectivity index (χ4n) is 2.83. The molecule has 1 aromatic rings. The summed E-state index contributed by atoms with van der Waals surface area (Å²) in [5.74, 6) is -1.06. The lowest BCUT2D eigenvalue weighted by atomic mass is 10.1. The molecule has 1 aromatic carbocycles. The van der Waals surface area contributed by atoms with Gasteiger partial charge in [-0.2, -0.15) is 13.2 Å². The minimum atomic E-state index is -4.75. The molecule has 0 bridgehead atoms. The highest BCUT2D eigenvalue weighted by Crippen LogP contribution is 2.34. The molecule has 1 aliphatic heterocycles. The lowest BCUT2D eigenvalue weighted by Crippen LogP contribution is -2.44. The summed E-state index contributed by atoms with van der Waals surface area (Å²) in [6.07, 6.45) is -3.90. The number of piperazine rings is 1. The van der Waals surface area contributed by atoms with Gasteiger partial charge < -0.3 is 15.1 Å². The average molecular weight is 373 g/mol. The number of rotatable bonds is 6. The lowest BCUT2D eigenvalue weighted by Gasteiger charge is -2.32. The number of carbonyl (C=O) groups is 2. The first-order valence-electron chi connectivity index (χ1n) is 7.97. The molecule has 9 heteroatoms. The van der Waals surface area contributed by atoms with Crippen LogP contribution in [0.5, 0.6) is 0 Å². The fourth-order valence-corrected chi connectivity index (χ4v) is 2.83. The normalized spacial score (nSPS) is 16.1. The quantitative estimate of drug-likeness (QED) is 0.472. The monoisotopic (exact) mass is 373 g/mol. The number of aldehydes is 1. The Morgan fingerprint density at radius 3 is 2.46 bits per heavy atom. The van der Waals surface area contributed by atoms with Gasteiger partial charge >= 0.3 is 6.18 Å². The summed E-state index contributed by atoms with van der Waals surface area (Å²) in [5, 5.41) is 3.11. The van der Waals surface area contributed by atoms with Gasteiger partial charge in [-0.3, -0.25) is 9.59 Å². The Morgan fingerprint density at radius 1 is 1.27 bits per heavy atom. The molecule has 0 saturated carbocycles. The molecule has 1 heterocycles. The number of carbonyl (C=O) groups excluding carboxylic acids is 2. The van der Waals surface area contributed by atoms with Crippen LogP contribution < -0.4 is 5.32 Å². The molecule has 0 spiro atoms. The Morgan fingerprint density at radius 2 is 1.92 bits per heavy atom. The predicted octanol–water partition coefficient (Wildman–Crippen LogP) is 2.14. The van der Waals surface area contributed by atoms with Gasteiger partial charge in [0.1, 0.15) is 5.82 Å². The van der Waals surface area contributed by atoms with Gasteiger partial charge in [-0.25, -0.2) is 4.39 Å². The van der Waals surface area contributed by atoms with Crippen LogP contribution >= 0.6 is 0 Å². The van der Waals surface area contributed by atoms with Gasteiger partial charge in [0.2, 0.25) is 6.41 Å². The van der Waals surface area contributed by atoms with E-state index in [-0.39, 0.29) is 11.4 Å². The number of benzene rings is 1. The molecule has 1 N–H and O–H groups in total. The molecule has 2 rings (SSSR count). The summed E-state index contributed by atoms with van der Waals surface area (Å²) >= 11 is 0. The first kappa shape index (κ1) is 19.9. The Balaban J connectivity index is 2.39. The van der Waals surface area contributed by atoms with Crippen molar-refractivity contribution in [2.75, 3.05) is 26.2 Å². The summed E-state index contributed by atoms with van der Waals surface area (Å²) in [4.78, 5) is 25.6. The summed E-state index contributed by atoms with van der Waals surface area (Å²) in [6.45, 7) is 3.14. The van der Waals surface area contributed by atoms with Crippen molar-refractivity contribution < 1.29 is 27.2 Å². The highest BCUT2D eigenvalue weighted by molar-refractivity contribution is 5.74. The number of allylic oxidation sites excluding steroid dienone is 2. The van der Waals surface area contributed by atoms with Gasteiger partial charge in [0.15, 0.2) is 6.29 Å². The zero-order chi connectivity index (χ0) is 19.3. The molecule has 1 saturated heterocycles. The molecule has 0 aromatic heterocycles. The number of hydrogen-bond donors (Lipinski definition) is 1. The van der Waals surface area contributed by atoms with Crippen LogP contribution in [0.1, 0.15) is 18.1 Å². The summed E-state index contributed by atoms with van der Waals surface area (Å²) in [5.41, 5.74) is -1.42. The number of nitrogens with one attached hydrogen (secondary N) is 1. The Kier molecular flexibility index (Phi) is 6.36. The molecule has 0 atom stereocenters. The van der Waals surface area contributed by atoms with E-state index in [1.165, 1.54) is 6.92 Å². The molecule has 1 amide bonds.